The van der Waals surface area contributed by atoms with Crippen LogP contribution in [0.2, 0.25) is 5.02 Å². The second-order valence-corrected chi connectivity index (χ2v) is 4.91. The zero-order chi connectivity index (χ0) is 14.0. The summed E-state index contributed by atoms with van der Waals surface area (Å²) in [4.78, 5) is 11.8. The van der Waals surface area contributed by atoms with Crippen LogP contribution in [0.4, 0.5) is 0 Å². The maximum Gasteiger partial charge on any atom is 0.204 e. The molecule has 0 aliphatic carbocycles. The summed E-state index contributed by atoms with van der Waals surface area (Å²) in [5.41, 5.74) is 3.20. The lowest BCUT2D eigenvalue weighted by molar-refractivity contribution is 0.702. The standard InChI is InChI=1S/C14H16ClN3O/c1-9-6-11(15)4-5-13(9)18-10(2)7-14(19)12(17-18)8-16-3/h4-7,16H,8H2,1-3H3. The lowest BCUT2D eigenvalue weighted by Gasteiger charge is -2.13. The van der Waals surface area contributed by atoms with Gasteiger partial charge in [-0.15, -0.1) is 0 Å². The fraction of sp³-hybridized carbons (Fsp3) is 0.286. The van der Waals surface area contributed by atoms with Gasteiger partial charge in [0.1, 0.15) is 5.69 Å². The van der Waals surface area contributed by atoms with E-state index in [0.29, 0.717) is 17.3 Å². The topological polar surface area (TPSA) is 46.9 Å². The van der Waals surface area contributed by atoms with Crippen LogP contribution in [0.3, 0.4) is 0 Å². The third-order valence-electron chi connectivity index (χ3n) is 2.91. The normalized spacial score (nSPS) is 10.7. The Bertz CT molecular complexity index is 664. The van der Waals surface area contributed by atoms with E-state index in [1.807, 2.05) is 32.0 Å². The Morgan fingerprint density at radius 3 is 2.68 bits per heavy atom. The van der Waals surface area contributed by atoms with Crippen molar-refractivity contribution in [1.29, 1.82) is 0 Å². The van der Waals surface area contributed by atoms with Crippen LogP contribution in [-0.2, 0) is 6.54 Å². The maximum atomic E-state index is 11.8. The average Bonchev–Trinajstić information content (AvgIpc) is 2.34. The summed E-state index contributed by atoms with van der Waals surface area (Å²) < 4.78 is 1.78. The van der Waals surface area contributed by atoms with Crippen molar-refractivity contribution in [2.45, 2.75) is 20.4 Å². The highest BCUT2D eigenvalue weighted by atomic mass is 35.5. The van der Waals surface area contributed by atoms with Crippen molar-refractivity contribution in [2.75, 3.05) is 7.05 Å². The van der Waals surface area contributed by atoms with E-state index in [4.69, 9.17) is 11.6 Å². The summed E-state index contributed by atoms with van der Waals surface area (Å²) >= 11 is 5.96. The predicted octanol–water partition coefficient (Wildman–Crippen LogP) is 2.22. The molecule has 0 unspecified atom stereocenters. The minimum Gasteiger partial charge on any atom is -0.314 e. The van der Waals surface area contributed by atoms with Gasteiger partial charge < -0.3 is 5.32 Å². The molecule has 0 atom stereocenters. The highest BCUT2D eigenvalue weighted by Gasteiger charge is 2.09. The summed E-state index contributed by atoms with van der Waals surface area (Å²) in [6.45, 7) is 4.29. The van der Waals surface area contributed by atoms with E-state index in [9.17, 15) is 4.79 Å². The van der Waals surface area contributed by atoms with Gasteiger partial charge in [-0.05, 0) is 44.7 Å². The van der Waals surface area contributed by atoms with E-state index >= 15 is 0 Å². The van der Waals surface area contributed by atoms with Crippen molar-refractivity contribution in [1.82, 2.24) is 15.1 Å². The first-order chi connectivity index (χ1) is 9.02. The molecule has 1 aromatic heterocycles. The van der Waals surface area contributed by atoms with Crippen LogP contribution in [0, 0.1) is 13.8 Å². The number of halogens is 1. The van der Waals surface area contributed by atoms with Gasteiger partial charge in [-0.25, -0.2) is 4.68 Å². The smallest absolute Gasteiger partial charge is 0.204 e. The summed E-state index contributed by atoms with van der Waals surface area (Å²) in [5.74, 6) is 0. The average molecular weight is 278 g/mol. The third-order valence-corrected chi connectivity index (χ3v) is 3.15. The molecule has 4 nitrogen and oxygen atoms in total. The summed E-state index contributed by atoms with van der Waals surface area (Å²) in [6, 6.07) is 7.22. The van der Waals surface area contributed by atoms with Crippen LogP contribution in [-0.4, -0.2) is 16.8 Å². The zero-order valence-corrected chi connectivity index (χ0v) is 12.0. The summed E-state index contributed by atoms with van der Waals surface area (Å²) in [5, 5.41) is 8.06. The largest absolute Gasteiger partial charge is 0.314 e. The molecule has 2 rings (SSSR count). The molecule has 0 bridgehead atoms. The van der Waals surface area contributed by atoms with Crippen LogP contribution in [0.1, 0.15) is 17.0 Å². The van der Waals surface area contributed by atoms with Crippen LogP contribution in [0.5, 0.6) is 0 Å². The summed E-state index contributed by atoms with van der Waals surface area (Å²) in [6.07, 6.45) is 0. The number of benzene rings is 1. The molecular formula is C14H16ClN3O. The first-order valence-corrected chi connectivity index (χ1v) is 6.41. The number of aromatic nitrogens is 2. The molecule has 0 amide bonds. The van der Waals surface area contributed by atoms with Gasteiger partial charge in [-0.3, -0.25) is 4.79 Å². The van der Waals surface area contributed by atoms with Crippen LogP contribution < -0.4 is 10.7 Å². The molecule has 1 N–H and O–H groups in total. The monoisotopic (exact) mass is 277 g/mol. The van der Waals surface area contributed by atoms with E-state index in [0.717, 1.165) is 16.9 Å². The molecule has 0 aliphatic heterocycles. The minimum atomic E-state index is -0.0466. The van der Waals surface area contributed by atoms with Gasteiger partial charge in [-0.2, -0.15) is 5.10 Å². The Labute approximate surface area is 117 Å². The number of aryl methyl sites for hydroxylation is 2. The van der Waals surface area contributed by atoms with E-state index in [1.54, 1.807) is 17.8 Å². The summed E-state index contributed by atoms with van der Waals surface area (Å²) in [7, 11) is 1.79. The van der Waals surface area contributed by atoms with Gasteiger partial charge in [-0.1, -0.05) is 11.6 Å². The molecule has 0 spiro atoms. The molecule has 5 heteroatoms. The van der Waals surface area contributed by atoms with Crippen molar-refractivity contribution in [2.24, 2.45) is 0 Å². The second-order valence-electron chi connectivity index (χ2n) is 4.47. The number of nitrogens with zero attached hydrogens (tertiary/aromatic N) is 2. The molecule has 1 heterocycles. The van der Waals surface area contributed by atoms with Gasteiger partial charge in [0.2, 0.25) is 5.43 Å². The van der Waals surface area contributed by atoms with Gasteiger partial charge in [0.05, 0.1) is 5.69 Å². The van der Waals surface area contributed by atoms with Gasteiger partial charge >= 0.3 is 0 Å². The Morgan fingerprint density at radius 1 is 1.32 bits per heavy atom. The van der Waals surface area contributed by atoms with Gasteiger partial charge in [0, 0.05) is 23.3 Å². The van der Waals surface area contributed by atoms with Crippen molar-refractivity contribution in [3.05, 3.63) is 56.5 Å². The number of rotatable bonds is 3. The minimum absolute atomic E-state index is 0.0466. The second kappa shape index (κ2) is 5.55. The highest BCUT2D eigenvalue weighted by Crippen LogP contribution is 2.19. The molecule has 19 heavy (non-hydrogen) atoms. The Morgan fingerprint density at radius 2 is 2.05 bits per heavy atom. The van der Waals surface area contributed by atoms with Crippen molar-refractivity contribution >= 4 is 11.6 Å². The molecule has 1 aromatic carbocycles. The Balaban J connectivity index is 2.61. The van der Waals surface area contributed by atoms with Gasteiger partial charge in [0.15, 0.2) is 0 Å². The van der Waals surface area contributed by atoms with E-state index < -0.39 is 0 Å². The molecule has 0 radical (unpaired) electrons. The van der Waals surface area contributed by atoms with Crippen molar-refractivity contribution in [3.63, 3.8) is 0 Å². The SMILES string of the molecule is CNCc1nn(-c2ccc(Cl)cc2C)c(C)cc1=O. The van der Waals surface area contributed by atoms with E-state index in [-0.39, 0.29) is 5.43 Å². The Kier molecular flexibility index (Phi) is 4.02. The lowest BCUT2D eigenvalue weighted by atomic mass is 10.2. The van der Waals surface area contributed by atoms with Crippen LogP contribution in [0.15, 0.2) is 29.1 Å². The Hall–Kier alpha value is -1.65. The van der Waals surface area contributed by atoms with E-state index in [2.05, 4.69) is 10.4 Å². The third kappa shape index (κ3) is 2.85. The van der Waals surface area contributed by atoms with Crippen molar-refractivity contribution in [3.8, 4) is 5.69 Å². The quantitative estimate of drug-likeness (QED) is 0.936. The molecule has 0 saturated carbocycles. The molecule has 0 fully saturated rings. The lowest BCUT2D eigenvalue weighted by Crippen LogP contribution is -2.23. The van der Waals surface area contributed by atoms with Crippen molar-refractivity contribution < 1.29 is 0 Å². The number of nitrogens with one attached hydrogen (secondary N) is 1. The maximum absolute atomic E-state index is 11.8. The van der Waals surface area contributed by atoms with Gasteiger partial charge in [0.25, 0.3) is 0 Å². The van der Waals surface area contributed by atoms with E-state index in [1.165, 1.54) is 0 Å². The first-order valence-electron chi connectivity index (χ1n) is 6.04. The predicted molar refractivity (Wildman–Crippen MR) is 77.1 cm³/mol. The number of hydrogen-bond acceptors (Lipinski definition) is 3. The first kappa shape index (κ1) is 13.8. The molecular weight excluding hydrogens is 262 g/mol. The molecule has 0 aliphatic rings. The molecule has 2 aromatic rings. The van der Waals surface area contributed by atoms with Crippen LogP contribution in [0.25, 0.3) is 5.69 Å². The molecule has 0 saturated heterocycles. The fourth-order valence-corrected chi connectivity index (χ4v) is 2.20. The fourth-order valence-electron chi connectivity index (χ4n) is 1.97. The molecule has 100 valence electrons. The zero-order valence-electron chi connectivity index (χ0n) is 11.2. The van der Waals surface area contributed by atoms with Crippen LogP contribution >= 0.6 is 11.6 Å². The number of hydrogen-bond donors (Lipinski definition) is 1. The highest BCUT2D eigenvalue weighted by molar-refractivity contribution is 6.30.